The molecule has 2 aromatic rings. The summed E-state index contributed by atoms with van der Waals surface area (Å²) in [4.78, 5) is 24.2. The highest BCUT2D eigenvalue weighted by atomic mass is 35.5. The predicted molar refractivity (Wildman–Crippen MR) is 98.4 cm³/mol. The van der Waals surface area contributed by atoms with Crippen molar-refractivity contribution < 1.29 is 9.90 Å². The van der Waals surface area contributed by atoms with Crippen LogP contribution in [0.15, 0.2) is 30.9 Å². The Hall–Kier alpha value is -2.71. The van der Waals surface area contributed by atoms with Crippen molar-refractivity contribution in [3.8, 4) is 0 Å². The van der Waals surface area contributed by atoms with Crippen molar-refractivity contribution in [3.63, 3.8) is 0 Å². The van der Waals surface area contributed by atoms with Crippen molar-refractivity contribution in [1.82, 2.24) is 15.0 Å². The fraction of sp³-hybridized carbons (Fsp3) is 0.294. The first-order valence-corrected chi connectivity index (χ1v) is 8.46. The van der Waals surface area contributed by atoms with Gasteiger partial charge in [0.15, 0.2) is 5.82 Å². The Labute approximate surface area is 155 Å². The maximum atomic E-state index is 11.7. The minimum absolute atomic E-state index is 0.227. The van der Waals surface area contributed by atoms with Crippen molar-refractivity contribution in [2.45, 2.75) is 24.9 Å². The van der Waals surface area contributed by atoms with Gasteiger partial charge in [-0.3, -0.25) is 9.78 Å². The van der Waals surface area contributed by atoms with Crippen molar-refractivity contribution in [2.24, 2.45) is 11.5 Å². The normalized spacial score (nSPS) is 16.0. The molecule has 0 unspecified atom stereocenters. The highest BCUT2D eigenvalue weighted by Crippen LogP contribution is 2.32. The number of hydrogen-bond acceptors (Lipinski definition) is 7. The fourth-order valence-electron chi connectivity index (χ4n) is 2.69. The van der Waals surface area contributed by atoms with E-state index in [9.17, 15) is 9.90 Å². The molecule has 1 saturated carbocycles. The van der Waals surface area contributed by atoms with Crippen LogP contribution in [-0.4, -0.2) is 38.1 Å². The van der Waals surface area contributed by atoms with Gasteiger partial charge in [0, 0.05) is 31.3 Å². The minimum Gasteiger partial charge on any atom is -0.404 e. The molecule has 26 heavy (non-hydrogen) atoms. The lowest BCUT2D eigenvalue weighted by Gasteiger charge is -2.37. The second kappa shape index (κ2) is 7.27. The molecule has 3 rings (SSSR count). The van der Waals surface area contributed by atoms with E-state index in [2.05, 4.69) is 20.3 Å². The van der Waals surface area contributed by atoms with Gasteiger partial charge in [-0.1, -0.05) is 11.6 Å². The van der Waals surface area contributed by atoms with Crippen LogP contribution in [0.5, 0.6) is 0 Å². The lowest BCUT2D eigenvalue weighted by Crippen LogP contribution is -2.43. The minimum atomic E-state index is -0.760. The first-order chi connectivity index (χ1) is 12.4. The summed E-state index contributed by atoms with van der Waals surface area (Å²) in [5.41, 5.74) is 12.0. The second-order valence-corrected chi connectivity index (χ2v) is 6.65. The van der Waals surface area contributed by atoms with E-state index in [1.165, 1.54) is 24.8 Å². The Morgan fingerprint density at radius 1 is 1.31 bits per heavy atom. The van der Waals surface area contributed by atoms with Crippen LogP contribution in [0.25, 0.3) is 5.57 Å². The number of anilines is 1. The number of amides is 1. The Morgan fingerprint density at radius 2 is 2.00 bits per heavy atom. The standard InChI is InChI=1S/C17H19ClN6O2/c18-10-6-22-16(23-7-10)11(5-19)13-4-14(12(8-21-13)15(20)25)24-9-17(26)2-1-3-17/h4-8,26H,1-3,9,19H2,(H2,20,25)(H,21,24). The lowest BCUT2D eigenvalue weighted by molar-refractivity contribution is -0.0202. The van der Waals surface area contributed by atoms with Gasteiger partial charge in [-0.05, 0) is 25.3 Å². The summed E-state index contributed by atoms with van der Waals surface area (Å²) in [5.74, 6) is -0.270. The molecule has 0 spiro atoms. The summed E-state index contributed by atoms with van der Waals surface area (Å²) in [7, 11) is 0. The summed E-state index contributed by atoms with van der Waals surface area (Å²) >= 11 is 5.81. The van der Waals surface area contributed by atoms with Gasteiger partial charge in [0.25, 0.3) is 5.91 Å². The molecule has 1 amide bonds. The third-order valence-corrected chi connectivity index (χ3v) is 4.56. The third kappa shape index (κ3) is 3.76. The maximum absolute atomic E-state index is 11.7. The molecule has 0 aromatic carbocycles. The molecule has 0 atom stereocenters. The first kappa shape index (κ1) is 18.1. The van der Waals surface area contributed by atoms with Crippen LogP contribution in [0.1, 0.15) is 41.1 Å². The fourth-order valence-corrected chi connectivity index (χ4v) is 2.79. The molecule has 9 heteroatoms. The van der Waals surface area contributed by atoms with E-state index < -0.39 is 11.5 Å². The number of halogens is 1. The van der Waals surface area contributed by atoms with Crippen LogP contribution in [0.4, 0.5) is 5.69 Å². The zero-order chi connectivity index (χ0) is 18.7. The van der Waals surface area contributed by atoms with Crippen LogP contribution in [-0.2, 0) is 0 Å². The zero-order valence-electron chi connectivity index (χ0n) is 13.9. The SMILES string of the molecule is NC=C(c1cc(NCC2(O)CCC2)c(C(N)=O)cn1)c1ncc(Cl)cn1. The summed E-state index contributed by atoms with van der Waals surface area (Å²) in [6.45, 7) is 0.315. The Morgan fingerprint density at radius 3 is 2.54 bits per heavy atom. The lowest BCUT2D eigenvalue weighted by atomic mass is 9.80. The van der Waals surface area contributed by atoms with E-state index >= 15 is 0 Å². The average molecular weight is 375 g/mol. The van der Waals surface area contributed by atoms with Crippen molar-refractivity contribution in [1.29, 1.82) is 0 Å². The van der Waals surface area contributed by atoms with Gasteiger partial charge in [0.1, 0.15) is 0 Å². The first-order valence-electron chi connectivity index (χ1n) is 8.08. The number of pyridine rings is 1. The molecule has 2 heterocycles. The molecule has 136 valence electrons. The molecule has 0 aliphatic heterocycles. The molecule has 1 aliphatic rings. The van der Waals surface area contributed by atoms with Gasteiger partial charge in [-0.2, -0.15) is 0 Å². The number of hydrogen-bond donors (Lipinski definition) is 4. The Balaban J connectivity index is 1.93. The van der Waals surface area contributed by atoms with Crippen molar-refractivity contribution in [2.75, 3.05) is 11.9 Å². The van der Waals surface area contributed by atoms with E-state index in [0.717, 1.165) is 19.3 Å². The van der Waals surface area contributed by atoms with Gasteiger partial charge >= 0.3 is 0 Å². The summed E-state index contributed by atoms with van der Waals surface area (Å²) < 4.78 is 0. The van der Waals surface area contributed by atoms with Gasteiger partial charge < -0.3 is 21.9 Å². The molecule has 6 N–H and O–H groups in total. The second-order valence-electron chi connectivity index (χ2n) is 6.22. The smallest absolute Gasteiger partial charge is 0.252 e. The zero-order valence-corrected chi connectivity index (χ0v) is 14.7. The van der Waals surface area contributed by atoms with Crippen LogP contribution in [0.2, 0.25) is 5.02 Å². The number of nitrogens with one attached hydrogen (secondary N) is 1. The molecule has 0 bridgehead atoms. The largest absolute Gasteiger partial charge is 0.404 e. The summed E-state index contributed by atoms with van der Waals surface area (Å²) in [6, 6.07) is 1.64. The van der Waals surface area contributed by atoms with Gasteiger partial charge in [-0.15, -0.1) is 0 Å². The number of primary amides is 1. The van der Waals surface area contributed by atoms with Crippen molar-refractivity contribution in [3.05, 3.63) is 53.0 Å². The number of carbonyl (C=O) groups is 1. The van der Waals surface area contributed by atoms with Crippen LogP contribution >= 0.6 is 11.6 Å². The summed E-state index contributed by atoms with van der Waals surface area (Å²) in [6.07, 6.45) is 8.03. The topological polar surface area (TPSA) is 140 Å². The van der Waals surface area contributed by atoms with Gasteiger partial charge in [-0.25, -0.2) is 9.97 Å². The van der Waals surface area contributed by atoms with E-state index in [-0.39, 0.29) is 5.56 Å². The third-order valence-electron chi connectivity index (χ3n) is 4.37. The average Bonchev–Trinajstić information content (AvgIpc) is 2.60. The molecule has 0 saturated heterocycles. The van der Waals surface area contributed by atoms with Crippen LogP contribution in [0, 0.1) is 0 Å². The molecule has 8 nitrogen and oxygen atoms in total. The number of carbonyl (C=O) groups excluding carboxylic acids is 1. The van der Waals surface area contributed by atoms with Crippen molar-refractivity contribution >= 4 is 28.8 Å². The quantitative estimate of drug-likeness (QED) is 0.597. The Bertz CT molecular complexity index is 849. The molecule has 0 radical (unpaired) electrons. The van der Waals surface area contributed by atoms with Gasteiger partial charge in [0.2, 0.25) is 0 Å². The number of rotatable bonds is 6. The highest BCUT2D eigenvalue weighted by Gasteiger charge is 2.34. The number of aromatic nitrogens is 3. The molecular formula is C17H19ClN6O2. The highest BCUT2D eigenvalue weighted by molar-refractivity contribution is 6.30. The number of nitrogens with two attached hydrogens (primary N) is 2. The maximum Gasteiger partial charge on any atom is 0.252 e. The monoisotopic (exact) mass is 374 g/mol. The molecule has 1 aliphatic carbocycles. The molecule has 2 aromatic heterocycles. The van der Waals surface area contributed by atoms with E-state index in [1.807, 2.05) is 0 Å². The van der Waals surface area contributed by atoms with E-state index in [0.29, 0.717) is 34.3 Å². The Kier molecular flexibility index (Phi) is 5.06. The van der Waals surface area contributed by atoms with Gasteiger partial charge in [0.05, 0.1) is 33.1 Å². The number of aliphatic hydroxyl groups is 1. The number of nitrogens with zero attached hydrogens (tertiary/aromatic N) is 3. The molecular weight excluding hydrogens is 356 g/mol. The van der Waals surface area contributed by atoms with Crippen LogP contribution < -0.4 is 16.8 Å². The van der Waals surface area contributed by atoms with E-state index in [1.54, 1.807) is 6.07 Å². The van der Waals surface area contributed by atoms with Crippen LogP contribution in [0.3, 0.4) is 0 Å². The molecule has 1 fully saturated rings. The van der Waals surface area contributed by atoms with E-state index in [4.69, 9.17) is 23.1 Å². The predicted octanol–water partition coefficient (Wildman–Crippen LogP) is 1.30. The summed E-state index contributed by atoms with van der Waals surface area (Å²) in [5, 5.41) is 13.8.